The van der Waals surface area contributed by atoms with Crippen molar-refractivity contribution in [1.82, 2.24) is 19.1 Å². The molecule has 25 heavy (non-hydrogen) atoms. The SMILES string of the molecule is COc1c(NCc2snc3ccccc23)cccc1-c1ncn(C)n1. The Bertz CT molecular complexity index is 1020. The lowest BCUT2D eigenvalue weighted by Gasteiger charge is -2.13. The fourth-order valence-electron chi connectivity index (χ4n) is 2.78. The van der Waals surface area contributed by atoms with Gasteiger partial charge in [-0.2, -0.15) is 9.47 Å². The van der Waals surface area contributed by atoms with Crippen LogP contribution in [0, 0.1) is 0 Å². The highest BCUT2D eigenvalue weighted by Crippen LogP contribution is 2.35. The molecule has 126 valence electrons. The maximum absolute atomic E-state index is 5.63. The Labute approximate surface area is 149 Å². The summed E-state index contributed by atoms with van der Waals surface area (Å²) in [6, 6.07) is 14.1. The van der Waals surface area contributed by atoms with Crippen LogP contribution >= 0.6 is 11.5 Å². The first-order valence-corrected chi connectivity index (χ1v) is 8.64. The third-order valence-electron chi connectivity index (χ3n) is 3.96. The van der Waals surface area contributed by atoms with Gasteiger partial charge in [-0.1, -0.05) is 24.3 Å². The predicted molar refractivity (Wildman–Crippen MR) is 99.9 cm³/mol. The number of rotatable bonds is 5. The van der Waals surface area contributed by atoms with Crippen molar-refractivity contribution in [2.75, 3.05) is 12.4 Å². The zero-order chi connectivity index (χ0) is 17.2. The average Bonchev–Trinajstić information content (AvgIpc) is 3.26. The number of benzene rings is 2. The summed E-state index contributed by atoms with van der Waals surface area (Å²) < 4.78 is 11.8. The molecule has 6 nitrogen and oxygen atoms in total. The standard InChI is InChI=1S/C18H17N5OS/c1-23-11-20-18(21-23)13-7-5-9-15(17(13)24-2)19-10-16-12-6-3-4-8-14(12)22-25-16/h3-9,11,19H,10H2,1-2H3. The number of anilines is 1. The molecule has 0 amide bonds. The summed E-state index contributed by atoms with van der Waals surface area (Å²) in [6.07, 6.45) is 1.68. The van der Waals surface area contributed by atoms with Crippen LogP contribution in [0.1, 0.15) is 4.88 Å². The van der Waals surface area contributed by atoms with Gasteiger partial charge >= 0.3 is 0 Å². The van der Waals surface area contributed by atoms with Crippen LogP contribution in [0.2, 0.25) is 0 Å². The van der Waals surface area contributed by atoms with Crippen molar-refractivity contribution < 1.29 is 4.74 Å². The van der Waals surface area contributed by atoms with Gasteiger partial charge in [-0.25, -0.2) is 4.98 Å². The van der Waals surface area contributed by atoms with Gasteiger partial charge in [0.25, 0.3) is 0 Å². The maximum Gasteiger partial charge on any atom is 0.184 e. The molecular formula is C18H17N5OS. The Balaban J connectivity index is 1.64. The van der Waals surface area contributed by atoms with Crippen LogP contribution < -0.4 is 10.1 Å². The van der Waals surface area contributed by atoms with Crippen LogP contribution in [0.3, 0.4) is 0 Å². The Kier molecular flexibility index (Phi) is 4.07. The summed E-state index contributed by atoms with van der Waals surface area (Å²) in [5, 5.41) is 9.01. The monoisotopic (exact) mass is 351 g/mol. The fraction of sp³-hybridized carbons (Fsp3) is 0.167. The van der Waals surface area contributed by atoms with E-state index in [1.807, 2.05) is 43.4 Å². The highest BCUT2D eigenvalue weighted by Gasteiger charge is 2.14. The molecule has 0 bridgehead atoms. The molecule has 0 atom stereocenters. The molecule has 0 radical (unpaired) electrons. The molecule has 0 saturated carbocycles. The summed E-state index contributed by atoms with van der Waals surface area (Å²) in [7, 11) is 3.51. The van der Waals surface area contributed by atoms with E-state index in [0.29, 0.717) is 12.4 Å². The van der Waals surface area contributed by atoms with E-state index >= 15 is 0 Å². The van der Waals surface area contributed by atoms with Gasteiger partial charge in [-0.3, -0.25) is 4.68 Å². The van der Waals surface area contributed by atoms with Gasteiger partial charge in [0.05, 0.1) is 35.3 Å². The van der Waals surface area contributed by atoms with Gasteiger partial charge in [0, 0.05) is 12.4 Å². The maximum atomic E-state index is 5.63. The lowest BCUT2D eigenvalue weighted by molar-refractivity contribution is 0.417. The number of aromatic nitrogens is 4. The van der Waals surface area contributed by atoms with Gasteiger partial charge in [-0.15, -0.1) is 0 Å². The second kappa shape index (κ2) is 6.52. The third-order valence-corrected chi connectivity index (χ3v) is 4.83. The molecule has 0 unspecified atom stereocenters. The number of para-hydroxylation sites is 1. The number of fused-ring (bicyclic) bond motifs is 1. The molecule has 0 spiro atoms. The Morgan fingerprint density at radius 3 is 2.84 bits per heavy atom. The minimum absolute atomic E-state index is 0.645. The number of methoxy groups -OCH3 is 1. The van der Waals surface area contributed by atoms with Gasteiger partial charge in [-0.05, 0) is 29.7 Å². The molecular weight excluding hydrogens is 334 g/mol. The molecule has 2 aromatic carbocycles. The van der Waals surface area contributed by atoms with Crippen LogP contribution in [-0.2, 0) is 13.6 Å². The second-order valence-corrected chi connectivity index (χ2v) is 6.46. The summed E-state index contributed by atoms with van der Waals surface area (Å²) in [5.41, 5.74) is 2.80. The molecule has 0 aliphatic carbocycles. The molecule has 7 heteroatoms. The van der Waals surface area contributed by atoms with E-state index < -0.39 is 0 Å². The lowest BCUT2D eigenvalue weighted by atomic mass is 10.1. The van der Waals surface area contributed by atoms with Crippen LogP contribution in [-0.4, -0.2) is 26.2 Å². The van der Waals surface area contributed by atoms with Crippen molar-refractivity contribution in [2.24, 2.45) is 7.05 Å². The van der Waals surface area contributed by atoms with Crippen molar-refractivity contribution in [2.45, 2.75) is 6.54 Å². The van der Waals surface area contributed by atoms with Crippen molar-refractivity contribution in [3.63, 3.8) is 0 Å². The van der Waals surface area contributed by atoms with Crippen LogP contribution in [0.25, 0.3) is 22.3 Å². The van der Waals surface area contributed by atoms with Crippen molar-refractivity contribution in [3.8, 4) is 17.1 Å². The van der Waals surface area contributed by atoms with E-state index in [-0.39, 0.29) is 0 Å². The topological polar surface area (TPSA) is 64.9 Å². The molecule has 0 aliphatic heterocycles. The first-order valence-electron chi connectivity index (χ1n) is 7.86. The number of aryl methyl sites for hydroxylation is 1. The number of hydrogen-bond acceptors (Lipinski definition) is 6. The first-order chi connectivity index (χ1) is 12.3. The van der Waals surface area contributed by atoms with E-state index in [9.17, 15) is 0 Å². The first kappa shape index (κ1) is 15.6. The Morgan fingerprint density at radius 1 is 1.16 bits per heavy atom. The molecule has 1 N–H and O–H groups in total. The van der Waals surface area contributed by atoms with Crippen LogP contribution in [0.4, 0.5) is 5.69 Å². The molecule has 0 aliphatic rings. The van der Waals surface area contributed by atoms with E-state index in [2.05, 4.69) is 25.8 Å². The molecule has 0 fully saturated rings. The zero-order valence-corrected chi connectivity index (χ0v) is 14.7. The minimum atomic E-state index is 0.645. The molecule has 4 aromatic rings. The van der Waals surface area contributed by atoms with Gasteiger partial charge in [0.1, 0.15) is 6.33 Å². The molecule has 2 heterocycles. The van der Waals surface area contributed by atoms with Gasteiger partial charge in [0.2, 0.25) is 0 Å². The van der Waals surface area contributed by atoms with Crippen LogP contribution in [0.15, 0.2) is 48.8 Å². The summed E-state index contributed by atoms with van der Waals surface area (Å²) in [4.78, 5) is 5.52. The second-order valence-electron chi connectivity index (χ2n) is 5.60. The van der Waals surface area contributed by atoms with Gasteiger partial charge < -0.3 is 10.1 Å². The average molecular weight is 351 g/mol. The Morgan fingerprint density at radius 2 is 2.04 bits per heavy atom. The molecule has 4 rings (SSSR count). The number of nitrogens with one attached hydrogen (secondary N) is 1. The smallest absolute Gasteiger partial charge is 0.184 e. The molecule has 2 aromatic heterocycles. The number of nitrogens with zero attached hydrogens (tertiary/aromatic N) is 4. The summed E-state index contributed by atoms with van der Waals surface area (Å²) in [5.74, 6) is 1.38. The number of ether oxygens (including phenoxy) is 1. The molecule has 0 saturated heterocycles. The largest absolute Gasteiger partial charge is 0.494 e. The summed E-state index contributed by atoms with van der Waals surface area (Å²) in [6.45, 7) is 0.681. The van der Waals surface area contributed by atoms with E-state index in [4.69, 9.17) is 4.74 Å². The van der Waals surface area contributed by atoms with Crippen molar-refractivity contribution in [3.05, 3.63) is 53.7 Å². The predicted octanol–water partition coefficient (Wildman–Crippen LogP) is 3.71. The number of hydrogen-bond donors (Lipinski definition) is 1. The highest BCUT2D eigenvalue weighted by atomic mass is 32.1. The van der Waals surface area contributed by atoms with E-state index in [0.717, 1.165) is 22.5 Å². The Hall–Kier alpha value is -2.93. The highest BCUT2D eigenvalue weighted by molar-refractivity contribution is 7.07. The summed E-state index contributed by atoms with van der Waals surface area (Å²) >= 11 is 1.52. The fourth-order valence-corrected chi connectivity index (χ4v) is 3.56. The third kappa shape index (κ3) is 2.94. The van der Waals surface area contributed by atoms with Crippen LogP contribution in [0.5, 0.6) is 5.75 Å². The minimum Gasteiger partial charge on any atom is -0.494 e. The quantitative estimate of drug-likeness (QED) is 0.594. The zero-order valence-electron chi connectivity index (χ0n) is 13.9. The normalized spacial score (nSPS) is 11.0. The van der Waals surface area contributed by atoms with E-state index in [1.54, 1.807) is 18.1 Å². The van der Waals surface area contributed by atoms with Crippen molar-refractivity contribution >= 4 is 28.1 Å². The lowest BCUT2D eigenvalue weighted by Crippen LogP contribution is -2.02. The van der Waals surface area contributed by atoms with Gasteiger partial charge in [0.15, 0.2) is 11.6 Å². The van der Waals surface area contributed by atoms with Crippen molar-refractivity contribution in [1.29, 1.82) is 0 Å². The van der Waals surface area contributed by atoms with E-state index in [1.165, 1.54) is 21.8 Å².